The molecule has 0 bridgehead atoms. The summed E-state index contributed by atoms with van der Waals surface area (Å²) in [6.45, 7) is 6.89. The normalized spacial score (nSPS) is 12.3. The van der Waals surface area contributed by atoms with Gasteiger partial charge in [-0.1, -0.05) is 26.0 Å². The van der Waals surface area contributed by atoms with Gasteiger partial charge in [0.2, 0.25) is 0 Å². The maximum absolute atomic E-state index is 11.6. The molecule has 0 aromatic heterocycles. The molecule has 0 saturated carbocycles. The zero-order chi connectivity index (χ0) is 13.5. The van der Waals surface area contributed by atoms with Crippen molar-refractivity contribution in [1.29, 1.82) is 0 Å². The minimum absolute atomic E-state index is 0.155. The molecule has 4 heteroatoms. The third kappa shape index (κ3) is 4.75. The number of rotatable bonds is 5. The second-order valence-electron chi connectivity index (χ2n) is 4.86. The Balaban J connectivity index is 2.59. The molecule has 0 aliphatic carbocycles. The Bertz CT molecular complexity index is 390. The lowest BCUT2D eigenvalue weighted by molar-refractivity contribution is 0.251. The van der Waals surface area contributed by atoms with Crippen molar-refractivity contribution in [1.82, 2.24) is 10.6 Å². The number of nitrogens with one attached hydrogen (secondary N) is 3. The molecule has 0 aliphatic heterocycles. The van der Waals surface area contributed by atoms with Crippen LogP contribution >= 0.6 is 0 Å². The van der Waals surface area contributed by atoms with Crippen LogP contribution in [-0.4, -0.2) is 19.6 Å². The van der Waals surface area contributed by atoms with Crippen LogP contribution in [0.25, 0.3) is 0 Å². The predicted molar refractivity (Wildman–Crippen MR) is 75.8 cm³/mol. The summed E-state index contributed by atoms with van der Waals surface area (Å²) < 4.78 is 0. The standard InChI is InChI=1S/C14H23N3O/c1-10(2)9-16-14(18)17-13-7-5-6-12(8-13)11(3)15-4/h5-8,10-11,15H,9H2,1-4H3,(H2,16,17,18). The minimum Gasteiger partial charge on any atom is -0.338 e. The second kappa shape index (κ2) is 7.01. The van der Waals surface area contributed by atoms with Crippen LogP contribution in [0.15, 0.2) is 24.3 Å². The van der Waals surface area contributed by atoms with E-state index in [9.17, 15) is 4.79 Å². The molecule has 1 aromatic rings. The van der Waals surface area contributed by atoms with Gasteiger partial charge in [0.15, 0.2) is 0 Å². The van der Waals surface area contributed by atoms with Gasteiger partial charge < -0.3 is 16.0 Å². The Morgan fingerprint density at radius 3 is 2.61 bits per heavy atom. The average molecular weight is 249 g/mol. The quantitative estimate of drug-likeness (QED) is 0.751. The molecule has 1 rings (SSSR count). The van der Waals surface area contributed by atoms with Crippen LogP contribution in [0.1, 0.15) is 32.4 Å². The second-order valence-corrected chi connectivity index (χ2v) is 4.86. The van der Waals surface area contributed by atoms with Crippen LogP contribution < -0.4 is 16.0 Å². The highest BCUT2D eigenvalue weighted by molar-refractivity contribution is 5.89. The SMILES string of the molecule is CNC(C)c1cccc(NC(=O)NCC(C)C)c1. The first-order valence-electron chi connectivity index (χ1n) is 6.35. The fourth-order valence-electron chi connectivity index (χ4n) is 1.52. The van der Waals surface area contributed by atoms with Crippen LogP contribution in [0.5, 0.6) is 0 Å². The van der Waals surface area contributed by atoms with Crippen molar-refractivity contribution in [2.45, 2.75) is 26.8 Å². The van der Waals surface area contributed by atoms with E-state index in [4.69, 9.17) is 0 Å². The number of urea groups is 1. The molecule has 3 N–H and O–H groups in total. The highest BCUT2D eigenvalue weighted by Crippen LogP contribution is 2.16. The van der Waals surface area contributed by atoms with Gasteiger partial charge >= 0.3 is 6.03 Å². The molecule has 100 valence electrons. The molecule has 0 aliphatic rings. The summed E-state index contributed by atoms with van der Waals surface area (Å²) >= 11 is 0. The summed E-state index contributed by atoms with van der Waals surface area (Å²) in [7, 11) is 1.92. The fourth-order valence-corrected chi connectivity index (χ4v) is 1.52. The van der Waals surface area contributed by atoms with Gasteiger partial charge in [-0.25, -0.2) is 4.79 Å². The maximum Gasteiger partial charge on any atom is 0.319 e. The number of amides is 2. The molecule has 2 amide bonds. The average Bonchev–Trinajstić information content (AvgIpc) is 2.35. The molecule has 0 heterocycles. The molecular weight excluding hydrogens is 226 g/mol. The van der Waals surface area contributed by atoms with Crippen molar-refractivity contribution in [3.63, 3.8) is 0 Å². The highest BCUT2D eigenvalue weighted by Gasteiger charge is 2.05. The van der Waals surface area contributed by atoms with Crippen molar-refractivity contribution < 1.29 is 4.79 Å². The van der Waals surface area contributed by atoms with Crippen LogP contribution in [-0.2, 0) is 0 Å². The Kier molecular flexibility index (Phi) is 5.65. The van der Waals surface area contributed by atoms with Crippen molar-refractivity contribution in [2.75, 3.05) is 18.9 Å². The summed E-state index contributed by atoms with van der Waals surface area (Å²) in [4.78, 5) is 11.6. The topological polar surface area (TPSA) is 53.2 Å². The van der Waals surface area contributed by atoms with Crippen LogP contribution in [0, 0.1) is 5.92 Å². The molecule has 18 heavy (non-hydrogen) atoms. The van der Waals surface area contributed by atoms with E-state index in [2.05, 4.69) is 36.7 Å². The van der Waals surface area contributed by atoms with Crippen molar-refractivity contribution in [3.8, 4) is 0 Å². The summed E-state index contributed by atoms with van der Waals surface area (Å²) in [5, 5.41) is 8.84. The lowest BCUT2D eigenvalue weighted by Crippen LogP contribution is -2.31. The maximum atomic E-state index is 11.6. The molecule has 1 unspecified atom stereocenters. The Labute approximate surface area is 109 Å². The van der Waals surface area contributed by atoms with Gasteiger partial charge in [0.05, 0.1) is 0 Å². The van der Waals surface area contributed by atoms with E-state index in [-0.39, 0.29) is 12.1 Å². The fraction of sp³-hybridized carbons (Fsp3) is 0.500. The Hall–Kier alpha value is -1.55. The van der Waals surface area contributed by atoms with Gasteiger partial charge in [-0.2, -0.15) is 0 Å². The zero-order valence-electron chi connectivity index (χ0n) is 11.6. The van der Waals surface area contributed by atoms with E-state index >= 15 is 0 Å². The number of anilines is 1. The first-order valence-corrected chi connectivity index (χ1v) is 6.35. The monoisotopic (exact) mass is 249 g/mol. The zero-order valence-corrected chi connectivity index (χ0v) is 11.6. The van der Waals surface area contributed by atoms with E-state index in [0.717, 1.165) is 11.3 Å². The van der Waals surface area contributed by atoms with Gasteiger partial charge in [-0.05, 0) is 37.6 Å². The number of benzene rings is 1. The van der Waals surface area contributed by atoms with Crippen LogP contribution in [0.3, 0.4) is 0 Å². The van der Waals surface area contributed by atoms with Gasteiger partial charge in [-0.3, -0.25) is 0 Å². The van der Waals surface area contributed by atoms with Gasteiger partial charge in [0.1, 0.15) is 0 Å². The molecule has 0 saturated heterocycles. The van der Waals surface area contributed by atoms with E-state index in [1.54, 1.807) is 0 Å². The van der Waals surface area contributed by atoms with E-state index < -0.39 is 0 Å². The first kappa shape index (κ1) is 14.5. The third-order valence-electron chi connectivity index (χ3n) is 2.75. The van der Waals surface area contributed by atoms with Crippen molar-refractivity contribution in [2.24, 2.45) is 5.92 Å². The van der Waals surface area contributed by atoms with Crippen LogP contribution in [0.2, 0.25) is 0 Å². The van der Waals surface area contributed by atoms with Gasteiger partial charge in [0, 0.05) is 18.3 Å². The number of carbonyl (C=O) groups excluding carboxylic acids is 1. The first-order chi connectivity index (χ1) is 8.52. The summed E-state index contributed by atoms with van der Waals surface area (Å²) in [6, 6.07) is 7.97. The lowest BCUT2D eigenvalue weighted by Gasteiger charge is -2.13. The molecule has 1 aromatic carbocycles. The third-order valence-corrected chi connectivity index (χ3v) is 2.75. The summed E-state index contributed by atoms with van der Waals surface area (Å²) in [6.07, 6.45) is 0. The summed E-state index contributed by atoms with van der Waals surface area (Å²) in [5.74, 6) is 0.450. The van der Waals surface area contributed by atoms with Crippen LogP contribution in [0.4, 0.5) is 10.5 Å². The molecule has 4 nitrogen and oxygen atoms in total. The van der Waals surface area contributed by atoms with Crippen molar-refractivity contribution >= 4 is 11.7 Å². The van der Waals surface area contributed by atoms with Crippen molar-refractivity contribution in [3.05, 3.63) is 29.8 Å². The Morgan fingerprint density at radius 2 is 2.00 bits per heavy atom. The van der Waals surface area contributed by atoms with E-state index in [0.29, 0.717) is 12.5 Å². The molecule has 0 fully saturated rings. The predicted octanol–water partition coefficient (Wildman–Crippen LogP) is 2.74. The molecule has 1 atom stereocenters. The number of hydrogen-bond acceptors (Lipinski definition) is 2. The highest BCUT2D eigenvalue weighted by atomic mass is 16.2. The summed E-state index contributed by atoms with van der Waals surface area (Å²) in [5.41, 5.74) is 1.97. The largest absolute Gasteiger partial charge is 0.338 e. The Morgan fingerprint density at radius 1 is 1.28 bits per heavy atom. The van der Waals surface area contributed by atoms with E-state index in [1.807, 2.05) is 31.3 Å². The molecule has 0 radical (unpaired) electrons. The van der Waals surface area contributed by atoms with Gasteiger partial charge in [0.25, 0.3) is 0 Å². The molecule has 0 spiro atoms. The lowest BCUT2D eigenvalue weighted by atomic mass is 10.1. The number of hydrogen-bond donors (Lipinski definition) is 3. The van der Waals surface area contributed by atoms with Gasteiger partial charge in [-0.15, -0.1) is 0 Å². The molecular formula is C14H23N3O. The van der Waals surface area contributed by atoms with E-state index in [1.165, 1.54) is 0 Å². The smallest absolute Gasteiger partial charge is 0.319 e. The minimum atomic E-state index is -0.155. The number of carbonyl (C=O) groups is 1.